The molecule has 6 heteroatoms. The maximum absolute atomic E-state index is 11.7. The molecule has 2 fully saturated rings. The van der Waals surface area contributed by atoms with Crippen LogP contribution in [0, 0.1) is 0 Å². The molecule has 1 unspecified atom stereocenters. The van der Waals surface area contributed by atoms with Crippen molar-refractivity contribution in [3.63, 3.8) is 0 Å². The standard InChI is InChI=1S/C11H17N3O2S/c1-11(4-5-17(15,16)7-11)14-10(8-2-3-8)9(12)6-13-14/h6,8H,2-5,7,12H2,1H3. The van der Waals surface area contributed by atoms with Gasteiger partial charge in [-0.15, -0.1) is 0 Å². The van der Waals surface area contributed by atoms with Crippen molar-refractivity contribution in [2.24, 2.45) is 0 Å². The van der Waals surface area contributed by atoms with E-state index in [0.29, 0.717) is 18.0 Å². The Morgan fingerprint density at radius 3 is 2.76 bits per heavy atom. The molecule has 1 aliphatic carbocycles. The summed E-state index contributed by atoms with van der Waals surface area (Å²) in [4.78, 5) is 0. The van der Waals surface area contributed by atoms with E-state index in [0.717, 1.165) is 18.5 Å². The lowest BCUT2D eigenvalue weighted by Crippen LogP contribution is -2.33. The van der Waals surface area contributed by atoms with Gasteiger partial charge in [-0.25, -0.2) is 8.42 Å². The normalized spacial score (nSPS) is 31.8. The summed E-state index contributed by atoms with van der Waals surface area (Å²) in [5.74, 6) is 0.923. The van der Waals surface area contributed by atoms with Crippen molar-refractivity contribution in [3.8, 4) is 0 Å². The third-order valence-electron chi connectivity index (χ3n) is 3.79. The van der Waals surface area contributed by atoms with Gasteiger partial charge in [-0.05, 0) is 26.2 Å². The molecule has 17 heavy (non-hydrogen) atoms. The number of nitrogens with two attached hydrogens (primary N) is 1. The second-order valence-electron chi connectivity index (χ2n) is 5.51. The molecule has 1 aromatic rings. The number of anilines is 1. The van der Waals surface area contributed by atoms with Crippen molar-refractivity contribution < 1.29 is 8.42 Å². The molecule has 0 radical (unpaired) electrons. The topological polar surface area (TPSA) is 78.0 Å². The molecule has 1 atom stereocenters. The Morgan fingerprint density at radius 2 is 2.24 bits per heavy atom. The number of nitrogen functional groups attached to an aromatic ring is 1. The SMILES string of the molecule is CC1(n2ncc(N)c2C2CC2)CCS(=O)(=O)C1. The second-order valence-corrected chi connectivity index (χ2v) is 7.69. The summed E-state index contributed by atoms with van der Waals surface area (Å²) < 4.78 is 25.2. The van der Waals surface area contributed by atoms with Gasteiger partial charge in [0, 0.05) is 5.92 Å². The van der Waals surface area contributed by atoms with Crippen molar-refractivity contribution in [2.75, 3.05) is 17.2 Å². The average molecular weight is 255 g/mol. The fourth-order valence-electron chi connectivity index (χ4n) is 2.73. The Labute approximate surface area is 101 Å². The van der Waals surface area contributed by atoms with Crippen LogP contribution in [0.4, 0.5) is 5.69 Å². The van der Waals surface area contributed by atoms with Crippen molar-refractivity contribution >= 4 is 15.5 Å². The first-order chi connectivity index (χ1) is 7.91. The van der Waals surface area contributed by atoms with Gasteiger partial charge in [0.25, 0.3) is 0 Å². The highest BCUT2D eigenvalue weighted by Gasteiger charge is 2.43. The van der Waals surface area contributed by atoms with Gasteiger partial charge in [-0.1, -0.05) is 0 Å². The largest absolute Gasteiger partial charge is 0.396 e. The van der Waals surface area contributed by atoms with Gasteiger partial charge in [0.15, 0.2) is 9.84 Å². The molecule has 94 valence electrons. The Kier molecular flexibility index (Phi) is 2.12. The van der Waals surface area contributed by atoms with Gasteiger partial charge in [0.2, 0.25) is 0 Å². The first kappa shape index (κ1) is 11.1. The van der Waals surface area contributed by atoms with E-state index in [1.807, 2.05) is 11.6 Å². The number of hydrogen-bond donors (Lipinski definition) is 1. The molecule has 3 rings (SSSR count). The zero-order chi connectivity index (χ0) is 12.3. The van der Waals surface area contributed by atoms with Crippen LogP contribution in [0.1, 0.15) is 37.8 Å². The van der Waals surface area contributed by atoms with Gasteiger partial charge < -0.3 is 5.73 Å². The predicted octanol–water partition coefficient (Wildman–Crippen LogP) is 0.876. The van der Waals surface area contributed by atoms with Gasteiger partial charge in [-0.3, -0.25) is 4.68 Å². The molecular weight excluding hydrogens is 238 g/mol. The molecule has 2 heterocycles. The number of nitrogens with zero attached hydrogens (tertiary/aromatic N) is 2. The Balaban J connectivity index is 2.04. The molecule has 0 spiro atoms. The fraction of sp³-hybridized carbons (Fsp3) is 0.727. The summed E-state index contributed by atoms with van der Waals surface area (Å²) in [7, 11) is -2.92. The molecule has 5 nitrogen and oxygen atoms in total. The van der Waals surface area contributed by atoms with Crippen LogP contribution in [0.25, 0.3) is 0 Å². The third kappa shape index (κ3) is 1.74. The lowest BCUT2D eigenvalue weighted by molar-refractivity contribution is 0.318. The molecule has 1 aliphatic heterocycles. The van der Waals surface area contributed by atoms with Crippen LogP contribution < -0.4 is 5.73 Å². The van der Waals surface area contributed by atoms with Gasteiger partial charge in [-0.2, -0.15) is 5.10 Å². The second kappa shape index (κ2) is 3.25. The number of sulfone groups is 1. The maximum Gasteiger partial charge on any atom is 0.152 e. The van der Waals surface area contributed by atoms with Crippen LogP contribution in [0.2, 0.25) is 0 Å². The van der Waals surface area contributed by atoms with E-state index in [2.05, 4.69) is 5.10 Å². The van der Waals surface area contributed by atoms with E-state index >= 15 is 0 Å². The first-order valence-electron chi connectivity index (χ1n) is 5.96. The van der Waals surface area contributed by atoms with E-state index in [1.165, 1.54) is 0 Å². The van der Waals surface area contributed by atoms with E-state index in [-0.39, 0.29) is 11.5 Å². The van der Waals surface area contributed by atoms with Gasteiger partial charge in [0.05, 0.1) is 34.6 Å². The minimum Gasteiger partial charge on any atom is -0.396 e. The molecule has 1 saturated heterocycles. The minimum absolute atomic E-state index is 0.181. The molecule has 0 bridgehead atoms. The van der Waals surface area contributed by atoms with Crippen LogP contribution in [-0.2, 0) is 15.4 Å². The molecule has 1 saturated carbocycles. The number of aromatic nitrogens is 2. The summed E-state index contributed by atoms with van der Waals surface area (Å²) in [6.45, 7) is 1.97. The van der Waals surface area contributed by atoms with Crippen LogP contribution in [-0.4, -0.2) is 29.7 Å². The van der Waals surface area contributed by atoms with Crippen LogP contribution in [0.15, 0.2) is 6.20 Å². The molecule has 0 amide bonds. The highest BCUT2D eigenvalue weighted by Crippen LogP contribution is 2.45. The lowest BCUT2D eigenvalue weighted by atomic mass is 10.0. The summed E-state index contributed by atoms with van der Waals surface area (Å²) in [5, 5.41) is 4.32. The van der Waals surface area contributed by atoms with E-state index in [9.17, 15) is 8.42 Å². The van der Waals surface area contributed by atoms with Gasteiger partial charge >= 0.3 is 0 Å². The molecule has 2 aliphatic rings. The molecule has 2 N–H and O–H groups in total. The zero-order valence-electron chi connectivity index (χ0n) is 9.89. The summed E-state index contributed by atoms with van der Waals surface area (Å²) in [5.41, 5.74) is 7.29. The average Bonchev–Trinajstić information content (AvgIpc) is 2.92. The fourth-order valence-corrected chi connectivity index (χ4v) is 4.84. The van der Waals surface area contributed by atoms with Crippen molar-refractivity contribution in [1.29, 1.82) is 0 Å². The van der Waals surface area contributed by atoms with Crippen molar-refractivity contribution in [3.05, 3.63) is 11.9 Å². The van der Waals surface area contributed by atoms with Gasteiger partial charge in [0.1, 0.15) is 0 Å². The molecule has 0 aromatic carbocycles. The summed E-state index contributed by atoms with van der Waals surface area (Å²) in [6.07, 6.45) is 4.57. The molecule has 1 aromatic heterocycles. The smallest absolute Gasteiger partial charge is 0.152 e. The Bertz CT molecular complexity index is 559. The van der Waals surface area contributed by atoms with Crippen molar-refractivity contribution in [1.82, 2.24) is 9.78 Å². The first-order valence-corrected chi connectivity index (χ1v) is 7.78. The lowest BCUT2D eigenvalue weighted by Gasteiger charge is -2.25. The Morgan fingerprint density at radius 1 is 1.53 bits per heavy atom. The molecular formula is C11H17N3O2S. The van der Waals surface area contributed by atoms with E-state index in [1.54, 1.807) is 6.20 Å². The Hall–Kier alpha value is -1.04. The van der Waals surface area contributed by atoms with Crippen molar-refractivity contribution in [2.45, 2.75) is 37.6 Å². The summed E-state index contributed by atoms with van der Waals surface area (Å²) >= 11 is 0. The monoisotopic (exact) mass is 255 g/mol. The predicted molar refractivity (Wildman–Crippen MR) is 65.5 cm³/mol. The van der Waals surface area contributed by atoms with E-state index < -0.39 is 15.4 Å². The highest BCUT2D eigenvalue weighted by molar-refractivity contribution is 7.91. The quantitative estimate of drug-likeness (QED) is 0.850. The number of hydrogen-bond acceptors (Lipinski definition) is 4. The highest BCUT2D eigenvalue weighted by atomic mass is 32.2. The van der Waals surface area contributed by atoms with Crippen LogP contribution >= 0.6 is 0 Å². The zero-order valence-corrected chi connectivity index (χ0v) is 10.7. The summed E-state index contributed by atoms with van der Waals surface area (Å²) in [6, 6.07) is 0. The van der Waals surface area contributed by atoms with E-state index in [4.69, 9.17) is 5.73 Å². The number of rotatable bonds is 2. The minimum atomic E-state index is -2.92. The third-order valence-corrected chi connectivity index (χ3v) is 5.68. The maximum atomic E-state index is 11.7. The van der Waals surface area contributed by atoms with Crippen LogP contribution in [0.3, 0.4) is 0 Å². The van der Waals surface area contributed by atoms with Crippen LogP contribution in [0.5, 0.6) is 0 Å².